The number of hydrogen-bond acceptors (Lipinski definition) is 8. The van der Waals surface area contributed by atoms with Crippen LogP contribution in [-0.2, 0) is 4.74 Å². The van der Waals surface area contributed by atoms with Gasteiger partial charge in [-0.1, -0.05) is 0 Å². The van der Waals surface area contributed by atoms with Crippen LogP contribution in [0.25, 0.3) is 11.0 Å². The maximum atomic E-state index is 14.6. The lowest BCUT2D eigenvalue weighted by Crippen LogP contribution is -2.60. The second-order valence-corrected chi connectivity index (χ2v) is 5.82. The highest BCUT2D eigenvalue weighted by atomic mass is 19.1. The smallest absolute Gasteiger partial charge is 0.336 e. The number of rotatable bonds is 3. The van der Waals surface area contributed by atoms with E-state index < -0.39 is 48.8 Å². The highest BCUT2D eigenvalue weighted by Gasteiger charge is 2.45. The molecule has 1 saturated heterocycles. The number of hydrogen-bond donors (Lipinski definition) is 4. The Balaban J connectivity index is 1.95. The first-order valence-corrected chi connectivity index (χ1v) is 7.53. The van der Waals surface area contributed by atoms with Gasteiger partial charge in [0, 0.05) is 11.5 Å². The van der Waals surface area contributed by atoms with E-state index in [2.05, 4.69) is 0 Å². The number of benzene rings is 1. The molecule has 0 aliphatic carbocycles. The van der Waals surface area contributed by atoms with Crippen molar-refractivity contribution in [3.63, 3.8) is 0 Å². The molecule has 0 radical (unpaired) electrons. The largest absolute Gasteiger partial charge is 0.459 e. The maximum Gasteiger partial charge on any atom is 0.336 e. The van der Waals surface area contributed by atoms with Gasteiger partial charge in [-0.3, -0.25) is 0 Å². The minimum Gasteiger partial charge on any atom is -0.459 e. The zero-order valence-corrected chi connectivity index (χ0v) is 13.1. The molecular formula is C16H17FO8. The molecule has 0 bridgehead atoms. The predicted molar refractivity (Wildman–Crippen MR) is 81.6 cm³/mol. The van der Waals surface area contributed by atoms with Crippen molar-refractivity contribution in [2.45, 2.75) is 37.6 Å². The molecule has 1 aliphatic heterocycles. The molecule has 1 aromatic carbocycles. The van der Waals surface area contributed by atoms with Gasteiger partial charge in [0.2, 0.25) is 12.1 Å². The molecule has 1 aromatic heterocycles. The van der Waals surface area contributed by atoms with Crippen LogP contribution in [0.4, 0.5) is 4.39 Å². The summed E-state index contributed by atoms with van der Waals surface area (Å²) in [5.41, 5.74) is -0.523. The van der Waals surface area contributed by atoms with E-state index in [1.165, 1.54) is 18.2 Å². The summed E-state index contributed by atoms with van der Waals surface area (Å²) in [5, 5.41) is 38.9. The highest BCUT2D eigenvalue weighted by molar-refractivity contribution is 5.81. The number of aliphatic hydroxyl groups excluding tert-OH is 4. The summed E-state index contributed by atoms with van der Waals surface area (Å²) in [6, 6.07) is 3.95. The molecule has 25 heavy (non-hydrogen) atoms. The second-order valence-electron chi connectivity index (χ2n) is 5.82. The van der Waals surface area contributed by atoms with E-state index >= 15 is 0 Å². The first kappa shape index (κ1) is 17.8. The summed E-state index contributed by atoms with van der Waals surface area (Å²) in [4.78, 5) is 11.4. The summed E-state index contributed by atoms with van der Waals surface area (Å²) >= 11 is 0. The van der Waals surface area contributed by atoms with Crippen LogP contribution in [0.2, 0.25) is 0 Å². The molecule has 9 heteroatoms. The van der Waals surface area contributed by atoms with Crippen LogP contribution in [0, 0.1) is 12.7 Å². The molecule has 0 spiro atoms. The summed E-state index contributed by atoms with van der Waals surface area (Å²) < 4.78 is 29.9. The molecule has 1 aliphatic rings. The van der Waals surface area contributed by atoms with Gasteiger partial charge in [0.15, 0.2) is 11.3 Å². The van der Waals surface area contributed by atoms with E-state index in [0.29, 0.717) is 10.9 Å². The van der Waals surface area contributed by atoms with Gasteiger partial charge in [0.25, 0.3) is 0 Å². The molecule has 3 rings (SSSR count). The predicted octanol–water partition coefficient (Wildman–Crippen LogP) is -0.581. The Bertz CT molecular complexity index is 833. The Kier molecular flexibility index (Phi) is 4.76. The molecular weight excluding hydrogens is 339 g/mol. The SMILES string of the molecule is Cc1cc(=O)oc2c(F)c(O[C@H]3O[C@H](CO)[C@@H](O)[C@H](O)[C@H]3O)ccc12. The summed E-state index contributed by atoms with van der Waals surface area (Å²) in [5.74, 6) is -1.36. The second kappa shape index (κ2) is 6.70. The van der Waals surface area contributed by atoms with Crippen molar-refractivity contribution >= 4 is 11.0 Å². The average molecular weight is 356 g/mol. The lowest BCUT2D eigenvalue weighted by molar-refractivity contribution is -0.277. The fraction of sp³-hybridized carbons (Fsp3) is 0.438. The molecule has 2 aromatic rings. The molecule has 5 atom stereocenters. The normalized spacial score (nSPS) is 29.8. The van der Waals surface area contributed by atoms with Crippen LogP contribution < -0.4 is 10.4 Å². The van der Waals surface area contributed by atoms with Gasteiger partial charge in [-0.25, -0.2) is 4.79 Å². The van der Waals surface area contributed by atoms with Gasteiger partial charge in [0.1, 0.15) is 24.4 Å². The number of aryl methyl sites for hydroxylation is 1. The van der Waals surface area contributed by atoms with Crippen molar-refractivity contribution in [3.8, 4) is 5.75 Å². The fourth-order valence-corrected chi connectivity index (χ4v) is 2.71. The van der Waals surface area contributed by atoms with E-state index in [1.54, 1.807) is 6.92 Å². The molecule has 0 saturated carbocycles. The first-order chi connectivity index (χ1) is 11.8. The van der Waals surface area contributed by atoms with Crippen LogP contribution in [0.1, 0.15) is 5.56 Å². The summed E-state index contributed by atoms with van der Waals surface area (Å²) in [6.07, 6.45) is -7.62. The standard InChI is InChI=1S/C16H17FO8/c1-6-4-10(19)25-15-7(6)2-3-8(11(15)17)23-16-14(22)13(21)12(20)9(5-18)24-16/h2-4,9,12-14,16,18,20-22H,5H2,1H3/t9-,12-,13+,14-,16+/m1/s1. The van der Waals surface area contributed by atoms with Crippen molar-refractivity contribution in [2.75, 3.05) is 6.61 Å². The monoisotopic (exact) mass is 356 g/mol. The van der Waals surface area contributed by atoms with Gasteiger partial charge in [-0.05, 0) is 24.6 Å². The number of ether oxygens (including phenoxy) is 2. The fourth-order valence-electron chi connectivity index (χ4n) is 2.71. The van der Waals surface area contributed by atoms with Crippen molar-refractivity contribution in [2.24, 2.45) is 0 Å². The Morgan fingerprint density at radius 2 is 1.92 bits per heavy atom. The van der Waals surface area contributed by atoms with Crippen molar-refractivity contribution in [3.05, 3.63) is 40.0 Å². The molecule has 4 N–H and O–H groups in total. The van der Waals surface area contributed by atoms with Crippen LogP contribution in [0.3, 0.4) is 0 Å². The Morgan fingerprint density at radius 1 is 1.20 bits per heavy atom. The van der Waals surface area contributed by atoms with E-state index in [1.807, 2.05) is 0 Å². The number of fused-ring (bicyclic) bond motifs is 1. The quantitative estimate of drug-likeness (QED) is 0.538. The van der Waals surface area contributed by atoms with Gasteiger partial charge in [-0.15, -0.1) is 0 Å². The number of aliphatic hydroxyl groups is 4. The van der Waals surface area contributed by atoms with E-state index in [0.717, 1.165) is 0 Å². The van der Waals surface area contributed by atoms with E-state index in [-0.39, 0.29) is 11.3 Å². The van der Waals surface area contributed by atoms with Crippen molar-refractivity contribution in [1.82, 2.24) is 0 Å². The zero-order chi connectivity index (χ0) is 18.3. The maximum absolute atomic E-state index is 14.6. The minimum absolute atomic E-state index is 0.313. The molecule has 136 valence electrons. The number of halogens is 1. The molecule has 1 fully saturated rings. The molecule has 8 nitrogen and oxygen atoms in total. The van der Waals surface area contributed by atoms with E-state index in [4.69, 9.17) is 19.0 Å². The lowest BCUT2D eigenvalue weighted by Gasteiger charge is -2.39. The average Bonchev–Trinajstić information content (AvgIpc) is 2.58. The van der Waals surface area contributed by atoms with Crippen molar-refractivity contribution < 1.29 is 38.7 Å². The third-order valence-corrected chi connectivity index (χ3v) is 4.12. The summed E-state index contributed by atoms with van der Waals surface area (Å²) in [6.45, 7) is 0.982. The highest BCUT2D eigenvalue weighted by Crippen LogP contribution is 2.30. The van der Waals surface area contributed by atoms with Gasteiger partial charge in [-0.2, -0.15) is 4.39 Å². The topological polar surface area (TPSA) is 130 Å². The lowest BCUT2D eigenvalue weighted by atomic mass is 9.99. The zero-order valence-electron chi connectivity index (χ0n) is 13.1. The first-order valence-electron chi connectivity index (χ1n) is 7.53. The molecule has 2 heterocycles. The Morgan fingerprint density at radius 3 is 2.60 bits per heavy atom. The van der Waals surface area contributed by atoms with Crippen LogP contribution in [-0.4, -0.2) is 57.7 Å². The third kappa shape index (κ3) is 3.12. The Labute approximate surface area is 140 Å². The van der Waals surface area contributed by atoms with Gasteiger partial charge < -0.3 is 34.3 Å². The third-order valence-electron chi connectivity index (χ3n) is 4.12. The molecule has 0 unspecified atom stereocenters. The Hall–Kier alpha value is -2.04. The molecule has 0 amide bonds. The van der Waals surface area contributed by atoms with Crippen LogP contribution in [0.5, 0.6) is 5.75 Å². The minimum atomic E-state index is -1.68. The van der Waals surface area contributed by atoms with Gasteiger partial charge in [0.05, 0.1) is 6.61 Å². The van der Waals surface area contributed by atoms with Gasteiger partial charge >= 0.3 is 5.63 Å². The van der Waals surface area contributed by atoms with E-state index in [9.17, 15) is 24.5 Å². The van der Waals surface area contributed by atoms with Crippen LogP contribution >= 0.6 is 0 Å². The summed E-state index contributed by atoms with van der Waals surface area (Å²) in [7, 11) is 0. The van der Waals surface area contributed by atoms with Crippen molar-refractivity contribution in [1.29, 1.82) is 0 Å². The van der Waals surface area contributed by atoms with Crippen LogP contribution in [0.15, 0.2) is 27.4 Å².